The molecular weight excluding hydrogens is 390 g/mol. The number of amides is 1. The topological polar surface area (TPSA) is 87.7 Å². The molecule has 2 aromatic carbocycles. The number of para-hydroxylation sites is 2. The van der Waals surface area contributed by atoms with Crippen molar-refractivity contribution < 1.29 is 17.9 Å². The molecule has 0 spiro atoms. The van der Waals surface area contributed by atoms with Gasteiger partial charge in [0.25, 0.3) is 0 Å². The van der Waals surface area contributed by atoms with Crippen molar-refractivity contribution in [1.82, 2.24) is 9.62 Å². The van der Waals surface area contributed by atoms with Crippen LogP contribution >= 0.6 is 0 Å². The van der Waals surface area contributed by atoms with Crippen molar-refractivity contribution >= 4 is 21.6 Å². The van der Waals surface area contributed by atoms with E-state index in [0.717, 1.165) is 0 Å². The highest BCUT2D eigenvalue weighted by atomic mass is 32.2. The molecule has 8 heteroatoms. The molecule has 1 atom stereocenters. The number of hydrogen-bond acceptors (Lipinski definition) is 5. The lowest BCUT2D eigenvalue weighted by Gasteiger charge is -2.35. The van der Waals surface area contributed by atoms with Gasteiger partial charge in [0.2, 0.25) is 15.9 Å². The molecule has 0 aliphatic carbocycles. The molecule has 1 heterocycles. The molecule has 29 heavy (non-hydrogen) atoms. The predicted molar refractivity (Wildman–Crippen MR) is 112 cm³/mol. The van der Waals surface area contributed by atoms with Gasteiger partial charge in [0.1, 0.15) is 5.75 Å². The second-order valence-corrected chi connectivity index (χ2v) is 8.82. The zero-order valence-corrected chi connectivity index (χ0v) is 17.5. The highest BCUT2D eigenvalue weighted by Crippen LogP contribution is 2.24. The van der Waals surface area contributed by atoms with Gasteiger partial charge in [-0.25, -0.2) is 13.1 Å². The predicted octanol–water partition coefficient (Wildman–Crippen LogP) is 2.47. The van der Waals surface area contributed by atoms with E-state index >= 15 is 0 Å². The van der Waals surface area contributed by atoms with Crippen LogP contribution in [0.1, 0.15) is 19.8 Å². The maximum atomic E-state index is 12.7. The van der Waals surface area contributed by atoms with Gasteiger partial charge in [0.15, 0.2) is 0 Å². The monoisotopic (exact) mass is 417 g/mol. The van der Waals surface area contributed by atoms with Crippen LogP contribution in [0.15, 0.2) is 59.5 Å². The highest BCUT2D eigenvalue weighted by molar-refractivity contribution is 7.89. The van der Waals surface area contributed by atoms with E-state index in [1.807, 2.05) is 19.1 Å². The number of carbonyl (C=O) groups excluding carboxylic acids is 1. The van der Waals surface area contributed by atoms with Crippen LogP contribution in [0, 0.1) is 0 Å². The number of methoxy groups -OCH3 is 1. The molecule has 156 valence electrons. The van der Waals surface area contributed by atoms with Gasteiger partial charge in [-0.15, -0.1) is 0 Å². The number of piperidine rings is 1. The molecule has 1 aliphatic rings. The van der Waals surface area contributed by atoms with Crippen molar-refractivity contribution in [2.24, 2.45) is 0 Å². The van der Waals surface area contributed by atoms with E-state index in [4.69, 9.17) is 4.74 Å². The maximum Gasteiger partial charge on any atom is 0.241 e. The number of sulfonamides is 1. The molecule has 2 aromatic rings. The quantitative estimate of drug-likeness (QED) is 0.723. The third kappa shape index (κ3) is 5.35. The lowest BCUT2D eigenvalue weighted by molar-refractivity contribution is -0.121. The Morgan fingerprint density at radius 3 is 2.34 bits per heavy atom. The minimum Gasteiger partial charge on any atom is -0.495 e. The molecule has 7 nitrogen and oxygen atoms in total. The molecule has 1 amide bonds. The molecule has 1 saturated heterocycles. The molecule has 1 aliphatic heterocycles. The van der Waals surface area contributed by atoms with Crippen LogP contribution in [0.4, 0.5) is 5.69 Å². The number of likely N-dealkylation sites (tertiary alicyclic amines) is 1. The number of nitrogens with one attached hydrogen (secondary N) is 2. The summed E-state index contributed by atoms with van der Waals surface area (Å²) in [5, 5.41) is 2.91. The molecule has 0 radical (unpaired) electrons. The summed E-state index contributed by atoms with van der Waals surface area (Å²) in [6, 6.07) is 15.2. The van der Waals surface area contributed by atoms with E-state index in [0.29, 0.717) is 37.4 Å². The van der Waals surface area contributed by atoms with Crippen LogP contribution in [-0.2, 0) is 14.8 Å². The Kier molecular flexibility index (Phi) is 6.89. The summed E-state index contributed by atoms with van der Waals surface area (Å²) < 4.78 is 33.0. The summed E-state index contributed by atoms with van der Waals surface area (Å²) in [4.78, 5) is 15.0. The lowest BCUT2D eigenvalue weighted by atomic mass is 10.0. The van der Waals surface area contributed by atoms with Crippen LogP contribution in [0.3, 0.4) is 0 Å². The zero-order valence-electron chi connectivity index (χ0n) is 16.7. The van der Waals surface area contributed by atoms with E-state index in [1.54, 1.807) is 49.6 Å². The average Bonchev–Trinajstić information content (AvgIpc) is 2.74. The summed E-state index contributed by atoms with van der Waals surface area (Å²) in [6.07, 6.45) is 1.30. The molecule has 0 saturated carbocycles. The first-order valence-electron chi connectivity index (χ1n) is 9.66. The second-order valence-electron chi connectivity index (χ2n) is 7.11. The first-order valence-corrected chi connectivity index (χ1v) is 11.1. The van der Waals surface area contributed by atoms with E-state index in [1.165, 1.54) is 0 Å². The summed E-state index contributed by atoms with van der Waals surface area (Å²) >= 11 is 0. The first-order chi connectivity index (χ1) is 13.9. The number of anilines is 1. The first kappa shape index (κ1) is 21.3. The molecule has 3 rings (SSSR count). The number of ether oxygens (including phenoxy) is 1. The Morgan fingerprint density at radius 2 is 1.69 bits per heavy atom. The van der Waals surface area contributed by atoms with E-state index < -0.39 is 10.0 Å². The average molecular weight is 418 g/mol. The Labute approximate surface area is 172 Å². The van der Waals surface area contributed by atoms with Gasteiger partial charge in [-0.1, -0.05) is 30.3 Å². The van der Waals surface area contributed by atoms with Crippen LogP contribution in [0.25, 0.3) is 0 Å². The normalized spacial score (nSPS) is 16.9. The summed E-state index contributed by atoms with van der Waals surface area (Å²) in [7, 11) is -1.96. The zero-order chi connectivity index (χ0) is 20.9. The summed E-state index contributed by atoms with van der Waals surface area (Å²) in [5.74, 6) is 0.500. The standard InChI is InChI=1S/C21H27N3O4S/c1-16(21(25)22-19-10-6-7-11-20(19)28-2)24-14-12-17(13-15-24)23-29(26,27)18-8-4-3-5-9-18/h3-11,16-17,23H,12-15H2,1-2H3,(H,22,25). The number of carbonyl (C=O) groups is 1. The summed E-state index contributed by atoms with van der Waals surface area (Å²) in [5.41, 5.74) is 0.636. The Bertz CT molecular complexity index is 926. The van der Waals surface area contributed by atoms with Crippen LogP contribution in [-0.4, -0.2) is 51.5 Å². The van der Waals surface area contributed by atoms with Crippen molar-refractivity contribution in [3.05, 3.63) is 54.6 Å². The largest absolute Gasteiger partial charge is 0.495 e. The van der Waals surface area contributed by atoms with Gasteiger partial charge in [0, 0.05) is 19.1 Å². The van der Waals surface area contributed by atoms with E-state index in [2.05, 4.69) is 14.9 Å². The number of hydrogen-bond donors (Lipinski definition) is 2. The fourth-order valence-corrected chi connectivity index (χ4v) is 4.77. The second kappa shape index (κ2) is 9.39. The van der Waals surface area contributed by atoms with Crippen molar-refractivity contribution in [1.29, 1.82) is 0 Å². The fraction of sp³-hybridized carbons (Fsp3) is 0.381. The van der Waals surface area contributed by atoms with Gasteiger partial charge >= 0.3 is 0 Å². The van der Waals surface area contributed by atoms with Crippen LogP contribution in [0.2, 0.25) is 0 Å². The molecule has 1 fully saturated rings. The van der Waals surface area contributed by atoms with E-state index in [9.17, 15) is 13.2 Å². The third-order valence-corrected chi connectivity index (χ3v) is 6.73. The van der Waals surface area contributed by atoms with Crippen molar-refractivity contribution in [3.63, 3.8) is 0 Å². The maximum absolute atomic E-state index is 12.7. The minimum atomic E-state index is -3.52. The molecule has 1 unspecified atom stereocenters. The summed E-state index contributed by atoms with van der Waals surface area (Å²) in [6.45, 7) is 3.14. The van der Waals surface area contributed by atoms with Gasteiger partial charge in [-0.3, -0.25) is 9.69 Å². The molecule has 2 N–H and O–H groups in total. The van der Waals surface area contributed by atoms with Crippen LogP contribution < -0.4 is 14.8 Å². The van der Waals surface area contributed by atoms with Crippen molar-refractivity contribution in [2.45, 2.75) is 36.7 Å². The highest BCUT2D eigenvalue weighted by Gasteiger charge is 2.29. The molecule has 0 aromatic heterocycles. The number of nitrogens with zero attached hydrogens (tertiary/aromatic N) is 1. The lowest BCUT2D eigenvalue weighted by Crippen LogP contribution is -2.50. The smallest absolute Gasteiger partial charge is 0.241 e. The Balaban J connectivity index is 1.54. The van der Waals surface area contributed by atoms with Crippen molar-refractivity contribution in [3.8, 4) is 5.75 Å². The Morgan fingerprint density at radius 1 is 1.07 bits per heavy atom. The van der Waals surface area contributed by atoms with Gasteiger partial charge < -0.3 is 10.1 Å². The van der Waals surface area contributed by atoms with Gasteiger partial charge in [-0.2, -0.15) is 0 Å². The van der Waals surface area contributed by atoms with Crippen molar-refractivity contribution in [2.75, 3.05) is 25.5 Å². The van der Waals surface area contributed by atoms with Crippen LogP contribution in [0.5, 0.6) is 5.75 Å². The minimum absolute atomic E-state index is 0.113. The van der Waals surface area contributed by atoms with Gasteiger partial charge in [0.05, 0.1) is 23.7 Å². The molecular formula is C21H27N3O4S. The van der Waals surface area contributed by atoms with E-state index in [-0.39, 0.29) is 22.9 Å². The SMILES string of the molecule is COc1ccccc1NC(=O)C(C)N1CCC(NS(=O)(=O)c2ccccc2)CC1. The number of rotatable bonds is 7. The Hall–Kier alpha value is -2.42. The fourth-order valence-electron chi connectivity index (χ4n) is 3.44. The number of benzene rings is 2. The van der Waals surface area contributed by atoms with Gasteiger partial charge in [-0.05, 0) is 44.0 Å². The molecule has 0 bridgehead atoms. The third-order valence-electron chi connectivity index (χ3n) is 5.20.